The number of rotatable bonds is 6. The molecule has 0 unspecified atom stereocenters. The number of carbonyl (C=O) groups is 1. The van der Waals surface area contributed by atoms with Crippen LogP contribution >= 0.6 is 0 Å². The lowest BCUT2D eigenvalue weighted by atomic mass is 9.87. The molecule has 2 rings (SSSR count). The molecule has 0 bridgehead atoms. The molecule has 2 aliphatic rings. The molecule has 0 spiro atoms. The van der Waals surface area contributed by atoms with E-state index in [1.54, 1.807) is 7.11 Å². The Morgan fingerprint density at radius 1 is 1.30 bits per heavy atom. The number of likely N-dealkylation sites (tertiary alicyclic amines) is 1. The average Bonchev–Trinajstić information content (AvgIpc) is 2.52. The first-order chi connectivity index (χ1) is 10.9. The van der Waals surface area contributed by atoms with Crippen molar-refractivity contribution in [2.24, 2.45) is 11.8 Å². The van der Waals surface area contributed by atoms with E-state index < -0.39 is 0 Å². The molecule has 0 aromatic carbocycles. The largest absolute Gasteiger partial charge is 0.383 e. The van der Waals surface area contributed by atoms with E-state index in [2.05, 4.69) is 18.7 Å². The summed E-state index contributed by atoms with van der Waals surface area (Å²) in [6.07, 6.45) is 4.06. The first-order valence-electron chi connectivity index (χ1n) is 9.01. The quantitative estimate of drug-likeness (QED) is 0.749. The minimum Gasteiger partial charge on any atom is -0.383 e. The van der Waals surface area contributed by atoms with E-state index in [9.17, 15) is 4.79 Å². The van der Waals surface area contributed by atoms with Crippen LogP contribution in [0, 0.1) is 11.8 Å². The molecule has 0 aromatic heterocycles. The SMILES string of the molecule is COCCN1CCC(CN(C)C(=O)[C@@H]2CCOC(C)(C)C2)CC1. The van der Waals surface area contributed by atoms with Crippen molar-refractivity contribution in [1.29, 1.82) is 0 Å². The molecule has 23 heavy (non-hydrogen) atoms. The second-order valence-electron chi connectivity index (χ2n) is 7.79. The maximum absolute atomic E-state index is 12.7. The molecule has 5 heteroatoms. The highest BCUT2D eigenvalue weighted by Gasteiger charge is 2.34. The van der Waals surface area contributed by atoms with Gasteiger partial charge in [-0.1, -0.05) is 0 Å². The van der Waals surface area contributed by atoms with Crippen LogP contribution in [-0.4, -0.2) is 74.9 Å². The molecule has 5 nitrogen and oxygen atoms in total. The van der Waals surface area contributed by atoms with E-state index >= 15 is 0 Å². The summed E-state index contributed by atoms with van der Waals surface area (Å²) in [7, 11) is 3.73. The summed E-state index contributed by atoms with van der Waals surface area (Å²) in [5.41, 5.74) is -0.161. The number of amides is 1. The fourth-order valence-corrected chi connectivity index (χ4v) is 3.84. The van der Waals surface area contributed by atoms with Crippen LogP contribution in [0.5, 0.6) is 0 Å². The van der Waals surface area contributed by atoms with Crippen molar-refractivity contribution in [2.45, 2.75) is 45.1 Å². The summed E-state index contributed by atoms with van der Waals surface area (Å²) in [5, 5.41) is 0. The van der Waals surface area contributed by atoms with Crippen molar-refractivity contribution in [3.05, 3.63) is 0 Å². The zero-order chi connectivity index (χ0) is 16.9. The minimum absolute atomic E-state index is 0.130. The predicted octanol–water partition coefficient (Wildman–Crippen LogP) is 2.01. The Kier molecular flexibility index (Phi) is 6.86. The van der Waals surface area contributed by atoms with Gasteiger partial charge in [0, 0.05) is 39.8 Å². The molecule has 0 aromatic rings. The highest BCUT2D eigenvalue weighted by Crippen LogP contribution is 2.30. The number of piperidine rings is 1. The second-order valence-corrected chi connectivity index (χ2v) is 7.79. The monoisotopic (exact) mass is 326 g/mol. The third kappa shape index (κ3) is 5.73. The molecular formula is C18H34N2O3. The number of hydrogen-bond acceptors (Lipinski definition) is 4. The van der Waals surface area contributed by atoms with Crippen molar-refractivity contribution in [2.75, 3.05) is 53.6 Å². The maximum atomic E-state index is 12.7. The third-order valence-electron chi connectivity index (χ3n) is 5.27. The molecule has 0 radical (unpaired) electrons. The summed E-state index contributed by atoms with van der Waals surface area (Å²) >= 11 is 0. The Bertz CT molecular complexity index is 378. The lowest BCUT2D eigenvalue weighted by Gasteiger charge is -2.38. The standard InChI is InChI=1S/C18H34N2O3/c1-18(2)13-16(7-11-23-18)17(21)19(3)14-15-5-8-20(9-6-15)10-12-22-4/h15-16H,5-14H2,1-4H3/t16-/m1/s1. The van der Waals surface area contributed by atoms with Gasteiger partial charge in [-0.15, -0.1) is 0 Å². The molecule has 2 saturated heterocycles. The van der Waals surface area contributed by atoms with Crippen molar-refractivity contribution >= 4 is 5.91 Å². The summed E-state index contributed by atoms with van der Waals surface area (Å²) in [4.78, 5) is 17.1. The highest BCUT2D eigenvalue weighted by atomic mass is 16.5. The van der Waals surface area contributed by atoms with Crippen LogP contribution in [-0.2, 0) is 14.3 Å². The molecule has 0 aliphatic carbocycles. The van der Waals surface area contributed by atoms with E-state index in [4.69, 9.17) is 9.47 Å². The predicted molar refractivity (Wildman–Crippen MR) is 91.4 cm³/mol. The Hall–Kier alpha value is -0.650. The van der Waals surface area contributed by atoms with Crippen molar-refractivity contribution in [1.82, 2.24) is 9.80 Å². The molecular weight excluding hydrogens is 292 g/mol. The number of methoxy groups -OCH3 is 1. The normalized spacial score (nSPS) is 26.2. The molecule has 134 valence electrons. The van der Waals surface area contributed by atoms with Gasteiger partial charge in [-0.05, 0) is 58.5 Å². The summed E-state index contributed by atoms with van der Waals surface area (Å²) in [5.74, 6) is 1.07. The van der Waals surface area contributed by atoms with Gasteiger partial charge in [-0.2, -0.15) is 0 Å². The fraction of sp³-hybridized carbons (Fsp3) is 0.944. The average molecular weight is 326 g/mol. The highest BCUT2D eigenvalue weighted by molar-refractivity contribution is 5.78. The Labute approximate surface area is 141 Å². The van der Waals surface area contributed by atoms with Gasteiger partial charge < -0.3 is 19.3 Å². The van der Waals surface area contributed by atoms with Crippen LogP contribution in [0.4, 0.5) is 0 Å². The molecule has 0 saturated carbocycles. The maximum Gasteiger partial charge on any atom is 0.225 e. The number of hydrogen-bond donors (Lipinski definition) is 0. The van der Waals surface area contributed by atoms with Crippen molar-refractivity contribution in [3.8, 4) is 0 Å². The third-order valence-corrected chi connectivity index (χ3v) is 5.27. The van der Waals surface area contributed by atoms with Crippen molar-refractivity contribution < 1.29 is 14.3 Å². The number of nitrogens with zero attached hydrogens (tertiary/aromatic N) is 2. The Morgan fingerprint density at radius 3 is 2.61 bits per heavy atom. The summed E-state index contributed by atoms with van der Waals surface area (Å²) in [6, 6.07) is 0. The topological polar surface area (TPSA) is 42.0 Å². The van der Waals surface area contributed by atoms with Gasteiger partial charge in [0.15, 0.2) is 0 Å². The van der Waals surface area contributed by atoms with E-state index in [0.29, 0.717) is 18.4 Å². The lowest BCUT2D eigenvalue weighted by Crippen LogP contribution is -2.45. The number of ether oxygens (including phenoxy) is 2. The van der Waals surface area contributed by atoms with E-state index in [0.717, 1.165) is 45.6 Å². The minimum atomic E-state index is -0.161. The molecule has 2 aliphatic heterocycles. The fourth-order valence-electron chi connectivity index (χ4n) is 3.84. The van der Waals surface area contributed by atoms with Gasteiger partial charge >= 0.3 is 0 Å². The van der Waals surface area contributed by atoms with Gasteiger partial charge in [0.05, 0.1) is 12.2 Å². The van der Waals surface area contributed by atoms with Crippen LogP contribution in [0.15, 0.2) is 0 Å². The second kappa shape index (κ2) is 8.45. The zero-order valence-corrected chi connectivity index (χ0v) is 15.3. The van der Waals surface area contributed by atoms with Crippen LogP contribution in [0.2, 0.25) is 0 Å². The van der Waals surface area contributed by atoms with E-state index in [-0.39, 0.29) is 11.5 Å². The van der Waals surface area contributed by atoms with Crippen LogP contribution < -0.4 is 0 Å². The smallest absolute Gasteiger partial charge is 0.225 e. The molecule has 0 N–H and O–H groups in total. The molecule has 2 heterocycles. The van der Waals surface area contributed by atoms with Gasteiger partial charge in [-0.25, -0.2) is 0 Å². The first-order valence-corrected chi connectivity index (χ1v) is 9.01. The van der Waals surface area contributed by atoms with Gasteiger partial charge in [0.25, 0.3) is 0 Å². The zero-order valence-electron chi connectivity index (χ0n) is 15.3. The van der Waals surface area contributed by atoms with Crippen molar-refractivity contribution in [3.63, 3.8) is 0 Å². The summed E-state index contributed by atoms with van der Waals surface area (Å²) < 4.78 is 10.9. The molecule has 1 amide bonds. The van der Waals surface area contributed by atoms with E-state index in [1.807, 2.05) is 11.9 Å². The number of carbonyl (C=O) groups excluding carboxylic acids is 1. The van der Waals surface area contributed by atoms with E-state index in [1.165, 1.54) is 12.8 Å². The Balaban J connectivity index is 1.74. The molecule has 1 atom stereocenters. The van der Waals surface area contributed by atoms with Crippen LogP contribution in [0.3, 0.4) is 0 Å². The van der Waals surface area contributed by atoms with Crippen LogP contribution in [0.25, 0.3) is 0 Å². The Morgan fingerprint density at radius 2 is 2.00 bits per heavy atom. The van der Waals surface area contributed by atoms with Gasteiger partial charge in [0.1, 0.15) is 0 Å². The lowest BCUT2D eigenvalue weighted by molar-refractivity contribution is -0.144. The summed E-state index contributed by atoms with van der Waals surface area (Å²) in [6.45, 7) is 9.85. The van der Waals surface area contributed by atoms with Gasteiger partial charge in [0.2, 0.25) is 5.91 Å². The van der Waals surface area contributed by atoms with Crippen LogP contribution in [0.1, 0.15) is 39.5 Å². The van der Waals surface area contributed by atoms with Gasteiger partial charge in [-0.3, -0.25) is 4.79 Å². The first kappa shape index (κ1) is 18.7. The molecule has 2 fully saturated rings.